The maximum Gasteiger partial charge on any atom is 0.0431 e. The van der Waals surface area contributed by atoms with E-state index < -0.39 is 0 Å². The first-order chi connectivity index (χ1) is 9.86. The maximum absolute atomic E-state index is 8.76. The van der Waals surface area contributed by atoms with Gasteiger partial charge in [0.15, 0.2) is 0 Å². The molecule has 1 fully saturated rings. The van der Waals surface area contributed by atoms with Gasteiger partial charge < -0.3 is 20.6 Å². The van der Waals surface area contributed by atoms with E-state index in [9.17, 15) is 0 Å². The Balaban J connectivity index is 2.03. The Bertz CT molecular complexity index is 214. The van der Waals surface area contributed by atoms with Crippen molar-refractivity contribution >= 4 is 0 Å². The van der Waals surface area contributed by atoms with Crippen LogP contribution in [0.4, 0.5) is 0 Å². The SMILES string of the molecule is NCCCCCN1CCCN(CCCCCCO)CC1. The van der Waals surface area contributed by atoms with Gasteiger partial charge in [0.1, 0.15) is 0 Å². The summed E-state index contributed by atoms with van der Waals surface area (Å²) in [6.07, 6.45) is 9.77. The highest BCUT2D eigenvalue weighted by Crippen LogP contribution is 2.08. The second kappa shape index (κ2) is 12.6. The molecule has 1 heterocycles. The molecule has 1 rings (SSSR count). The van der Waals surface area contributed by atoms with Gasteiger partial charge in [0.05, 0.1) is 0 Å². The van der Waals surface area contributed by atoms with Crippen molar-refractivity contribution in [2.75, 3.05) is 52.4 Å². The average molecular weight is 285 g/mol. The first-order valence-electron chi connectivity index (χ1n) is 8.62. The summed E-state index contributed by atoms with van der Waals surface area (Å²) < 4.78 is 0. The van der Waals surface area contributed by atoms with Crippen LogP contribution in [0.3, 0.4) is 0 Å². The van der Waals surface area contributed by atoms with Crippen molar-refractivity contribution in [3.63, 3.8) is 0 Å². The Labute approximate surface area is 125 Å². The van der Waals surface area contributed by atoms with Crippen LogP contribution in [0.2, 0.25) is 0 Å². The van der Waals surface area contributed by atoms with Crippen LogP contribution in [0, 0.1) is 0 Å². The van der Waals surface area contributed by atoms with E-state index in [2.05, 4.69) is 9.80 Å². The van der Waals surface area contributed by atoms with Crippen molar-refractivity contribution in [3.8, 4) is 0 Å². The van der Waals surface area contributed by atoms with Crippen molar-refractivity contribution in [3.05, 3.63) is 0 Å². The lowest BCUT2D eigenvalue weighted by atomic mass is 10.2. The quantitative estimate of drug-likeness (QED) is 0.567. The Morgan fingerprint density at radius 1 is 0.700 bits per heavy atom. The summed E-state index contributed by atoms with van der Waals surface area (Å²) in [6.45, 7) is 8.68. The van der Waals surface area contributed by atoms with E-state index in [-0.39, 0.29) is 0 Å². The van der Waals surface area contributed by atoms with Crippen molar-refractivity contribution in [2.24, 2.45) is 5.73 Å². The zero-order valence-corrected chi connectivity index (χ0v) is 13.2. The van der Waals surface area contributed by atoms with Gasteiger partial charge in [-0.15, -0.1) is 0 Å². The lowest BCUT2D eigenvalue weighted by Crippen LogP contribution is -2.32. The molecule has 0 aliphatic carbocycles. The van der Waals surface area contributed by atoms with Crippen LogP contribution in [0.1, 0.15) is 51.4 Å². The Hall–Kier alpha value is -0.160. The van der Waals surface area contributed by atoms with E-state index in [1.165, 1.54) is 84.2 Å². The van der Waals surface area contributed by atoms with Crippen LogP contribution in [0.5, 0.6) is 0 Å². The molecule has 0 saturated carbocycles. The number of nitrogens with two attached hydrogens (primary N) is 1. The summed E-state index contributed by atoms with van der Waals surface area (Å²) in [5.74, 6) is 0. The highest BCUT2D eigenvalue weighted by atomic mass is 16.2. The van der Waals surface area contributed by atoms with E-state index in [4.69, 9.17) is 10.8 Å². The van der Waals surface area contributed by atoms with E-state index in [1.54, 1.807) is 0 Å². The fourth-order valence-electron chi connectivity index (χ4n) is 2.93. The Morgan fingerprint density at radius 2 is 1.25 bits per heavy atom. The molecule has 1 aliphatic heterocycles. The van der Waals surface area contributed by atoms with Crippen LogP contribution >= 0.6 is 0 Å². The number of nitrogens with zero attached hydrogens (tertiary/aromatic N) is 2. The summed E-state index contributed by atoms with van der Waals surface area (Å²) in [7, 11) is 0. The normalized spacial score (nSPS) is 18.3. The van der Waals surface area contributed by atoms with Crippen molar-refractivity contribution in [1.82, 2.24) is 9.80 Å². The monoisotopic (exact) mass is 285 g/mol. The molecule has 0 amide bonds. The highest BCUT2D eigenvalue weighted by molar-refractivity contribution is 4.69. The summed E-state index contributed by atoms with van der Waals surface area (Å²) in [5, 5.41) is 8.76. The molecular weight excluding hydrogens is 250 g/mol. The molecule has 4 heteroatoms. The van der Waals surface area contributed by atoms with Gasteiger partial charge in [-0.05, 0) is 64.8 Å². The number of aliphatic hydroxyl groups excluding tert-OH is 1. The zero-order valence-electron chi connectivity index (χ0n) is 13.2. The van der Waals surface area contributed by atoms with Crippen molar-refractivity contribution < 1.29 is 5.11 Å². The second-order valence-electron chi connectivity index (χ2n) is 6.02. The summed E-state index contributed by atoms with van der Waals surface area (Å²) in [5.41, 5.74) is 5.53. The van der Waals surface area contributed by atoms with E-state index >= 15 is 0 Å². The van der Waals surface area contributed by atoms with Gasteiger partial charge in [-0.3, -0.25) is 0 Å². The number of unbranched alkanes of at least 4 members (excludes halogenated alkanes) is 5. The third-order valence-corrected chi connectivity index (χ3v) is 4.24. The second-order valence-corrected chi connectivity index (χ2v) is 6.02. The van der Waals surface area contributed by atoms with E-state index in [1.807, 2.05) is 0 Å². The summed E-state index contributed by atoms with van der Waals surface area (Å²) >= 11 is 0. The molecule has 0 aromatic rings. The molecule has 0 bridgehead atoms. The molecule has 0 spiro atoms. The third-order valence-electron chi connectivity index (χ3n) is 4.24. The predicted octanol–water partition coefficient (Wildman–Crippen LogP) is 1.68. The average Bonchev–Trinajstić information content (AvgIpc) is 2.69. The fourth-order valence-corrected chi connectivity index (χ4v) is 2.93. The topological polar surface area (TPSA) is 52.7 Å². The zero-order chi connectivity index (χ0) is 14.5. The minimum Gasteiger partial charge on any atom is -0.396 e. The number of aliphatic hydroxyl groups is 1. The highest BCUT2D eigenvalue weighted by Gasteiger charge is 2.13. The number of hydrogen-bond acceptors (Lipinski definition) is 4. The molecule has 20 heavy (non-hydrogen) atoms. The summed E-state index contributed by atoms with van der Waals surface area (Å²) in [6, 6.07) is 0. The first-order valence-corrected chi connectivity index (χ1v) is 8.62. The largest absolute Gasteiger partial charge is 0.396 e. The van der Waals surface area contributed by atoms with Gasteiger partial charge in [-0.2, -0.15) is 0 Å². The Kier molecular flexibility index (Phi) is 11.2. The van der Waals surface area contributed by atoms with Crippen LogP contribution in [0.25, 0.3) is 0 Å². The Morgan fingerprint density at radius 3 is 1.80 bits per heavy atom. The van der Waals surface area contributed by atoms with Gasteiger partial charge in [0, 0.05) is 19.7 Å². The lowest BCUT2D eigenvalue weighted by Gasteiger charge is -2.21. The van der Waals surface area contributed by atoms with Gasteiger partial charge in [-0.1, -0.05) is 19.3 Å². The predicted molar refractivity (Wildman–Crippen MR) is 86.0 cm³/mol. The molecule has 0 atom stereocenters. The van der Waals surface area contributed by atoms with Gasteiger partial charge >= 0.3 is 0 Å². The number of hydrogen-bond donors (Lipinski definition) is 2. The molecule has 120 valence electrons. The van der Waals surface area contributed by atoms with Crippen LogP contribution in [-0.4, -0.2) is 67.3 Å². The minimum atomic E-state index is 0.350. The summed E-state index contributed by atoms with van der Waals surface area (Å²) in [4.78, 5) is 5.25. The van der Waals surface area contributed by atoms with Gasteiger partial charge in [-0.25, -0.2) is 0 Å². The minimum absolute atomic E-state index is 0.350. The molecule has 0 unspecified atom stereocenters. The molecule has 3 N–H and O–H groups in total. The standard InChI is InChI=1S/C16H35N3O/c17-9-4-3-6-11-19-13-8-12-18(14-15-19)10-5-1-2-7-16-20/h20H,1-17H2. The maximum atomic E-state index is 8.76. The molecule has 1 saturated heterocycles. The third kappa shape index (κ3) is 8.90. The first kappa shape index (κ1) is 17.9. The van der Waals surface area contributed by atoms with Crippen LogP contribution < -0.4 is 5.73 Å². The van der Waals surface area contributed by atoms with Crippen molar-refractivity contribution in [2.45, 2.75) is 51.4 Å². The smallest absolute Gasteiger partial charge is 0.0431 e. The van der Waals surface area contributed by atoms with E-state index in [0.29, 0.717) is 6.61 Å². The van der Waals surface area contributed by atoms with Crippen LogP contribution in [0.15, 0.2) is 0 Å². The van der Waals surface area contributed by atoms with Crippen LogP contribution in [-0.2, 0) is 0 Å². The van der Waals surface area contributed by atoms with Gasteiger partial charge in [0.25, 0.3) is 0 Å². The van der Waals surface area contributed by atoms with Gasteiger partial charge in [0.2, 0.25) is 0 Å². The molecule has 0 aromatic heterocycles. The van der Waals surface area contributed by atoms with Crippen molar-refractivity contribution in [1.29, 1.82) is 0 Å². The lowest BCUT2D eigenvalue weighted by molar-refractivity contribution is 0.247. The molecule has 0 radical (unpaired) electrons. The molecular formula is C16H35N3O. The molecule has 1 aliphatic rings. The fraction of sp³-hybridized carbons (Fsp3) is 1.00. The number of rotatable bonds is 11. The van der Waals surface area contributed by atoms with E-state index in [0.717, 1.165) is 13.0 Å². The molecule has 0 aromatic carbocycles. The molecule has 4 nitrogen and oxygen atoms in total.